The molecule has 4 aromatic heterocycles. The predicted octanol–water partition coefficient (Wildman–Crippen LogP) is 9.68. The molecule has 0 aliphatic carbocycles. The van der Waals surface area contributed by atoms with Gasteiger partial charge in [0.05, 0.1) is 63.8 Å². The fraction of sp³-hybridized carbons (Fsp3) is 0.273. The standard InChI is InChI=1S/C28H30BFN4O5.C26H27FN4O4.C18H17FN4O2.C16H15FN4O2/c1-29(37)33-12-10-18(11-13-33)27-25(26(31-32-27)17-4-7-20(30)8-5-17)22-15-24(35)34(28(22)36)16-19-6-9-21(38-2)14-23(19)39-3;1-28-12-4-5-21-24(25(30-29-21)16-6-9-18(27)10-7-16)20-14-23(32)31(26(20)33)15-17-8-11-19(34-2)13-22(17)35-3;19-12-3-1-10(2-4-12)16-15(13-9-14(24)21-18(13)25)17(23-22-16)11-5-7-20-8-6-11;17-10-5-3-9(4-6-10)15-14(11-8-13(22)19-16(11)23)12(20-21-15)2-1-7-18/h4-9,14-15,18,37H,10-13,16H2,1-3H3,(H,31,32);6-11,13-14,28H,4-5,12,15H2,1-3H3,(H,29,30);1-4,9,11,20H,5-8H2,(H,22,23)(H,21,24,25);3-6,8H,1-2,7,18H2,(H,20,21)(H,19,22,23). The van der Waals surface area contributed by atoms with Gasteiger partial charge in [0.15, 0.2) is 0 Å². The minimum absolute atomic E-state index is 0.0245. The van der Waals surface area contributed by atoms with Crippen LogP contribution in [-0.4, -0.2) is 189 Å². The van der Waals surface area contributed by atoms with Crippen molar-refractivity contribution in [1.82, 2.24) is 76.7 Å². The lowest BCUT2D eigenvalue weighted by molar-refractivity contribution is -0.138. The van der Waals surface area contributed by atoms with Gasteiger partial charge in [-0.2, -0.15) is 20.4 Å². The molecule has 10 aromatic rings. The molecule has 0 unspecified atom stereocenters. The second kappa shape index (κ2) is 39.1. The average molecular weight is 1670 g/mol. The molecule has 6 aromatic carbocycles. The second-order valence-electron chi connectivity index (χ2n) is 29.4. The zero-order valence-electron chi connectivity index (χ0n) is 67.6. The number of aryl methyl sites for hydroxylation is 2. The third kappa shape index (κ3) is 19.3. The molecule has 6 aliphatic heterocycles. The van der Waals surface area contributed by atoms with Gasteiger partial charge in [-0.05, 0) is 226 Å². The number of H-pyrrole nitrogens is 4. The van der Waals surface area contributed by atoms with Crippen LogP contribution in [0.2, 0.25) is 6.82 Å². The molecule has 6 aliphatic rings. The average Bonchev–Trinajstić information content (AvgIpc) is 1.58. The molecule has 2 saturated heterocycles. The number of amides is 8. The number of aromatic nitrogens is 8. The predicted molar refractivity (Wildman–Crippen MR) is 446 cm³/mol. The van der Waals surface area contributed by atoms with E-state index in [-0.39, 0.29) is 64.9 Å². The van der Waals surface area contributed by atoms with Crippen LogP contribution in [0.15, 0.2) is 158 Å². The quantitative estimate of drug-likeness (QED) is 0.0104. The minimum atomic E-state index is -0.540. The van der Waals surface area contributed by atoms with Gasteiger partial charge in [-0.3, -0.25) is 79.2 Å². The summed E-state index contributed by atoms with van der Waals surface area (Å²) in [5.41, 5.74) is 18.0. The van der Waals surface area contributed by atoms with Crippen LogP contribution < -0.4 is 45.9 Å². The third-order valence-electron chi connectivity index (χ3n) is 21.7. The number of piperidine rings is 2. The van der Waals surface area contributed by atoms with Crippen molar-refractivity contribution >= 4 is 76.6 Å². The number of halogens is 4. The summed E-state index contributed by atoms with van der Waals surface area (Å²) < 4.78 is 75.0. The van der Waals surface area contributed by atoms with Crippen LogP contribution in [0.5, 0.6) is 23.0 Å². The highest BCUT2D eigenvalue weighted by molar-refractivity contribution is 6.45. The van der Waals surface area contributed by atoms with Gasteiger partial charge in [0.2, 0.25) is 0 Å². The number of carbonyl (C=O) groups is 8. The fourth-order valence-corrected chi connectivity index (χ4v) is 15.4. The lowest BCUT2D eigenvalue weighted by Crippen LogP contribution is -2.42. The number of benzene rings is 6. The number of rotatable bonds is 26. The highest BCUT2D eigenvalue weighted by Crippen LogP contribution is 2.43. The van der Waals surface area contributed by atoms with Crippen LogP contribution in [0, 0.1) is 23.3 Å². The van der Waals surface area contributed by atoms with Gasteiger partial charge < -0.3 is 45.1 Å². The number of nitrogens with one attached hydrogen (secondary N) is 8. The van der Waals surface area contributed by atoms with Crippen molar-refractivity contribution in [2.45, 2.75) is 83.1 Å². The molecule has 0 bridgehead atoms. The molecule has 0 atom stereocenters. The van der Waals surface area contributed by atoms with Gasteiger partial charge in [-0.1, -0.05) is 0 Å². The third-order valence-corrected chi connectivity index (χ3v) is 21.7. The summed E-state index contributed by atoms with van der Waals surface area (Å²) in [6.07, 6.45) is 11.3. The van der Waals surface area contributed by atoms with E-state index in [4.69, 9.17) is 24.7 Å². The Morgan fingerprint density at radius 3 is 1.22 bits per heavy atom. The Morgan fingerprint density at radius 1 is 0.475 bits per heavy atom. The molecule has 10 heterocycles. The molecule has 0 radical (unpaired) electrons. The molecule has 11 N–H and O–H groups in total. The SMILES string of the molecule is CNCCCc1[nH]nc(-c2ccc(F)cc2)c1C1=CC(=O)N(Cc2ccc(OC)cc2OC)C1=O.COc1ccc(CN2C(=O)C=C(c3c(-c4ccc(F)cc4)n[nH]c3C3CCN(B(C)O)CC3)C2=O)c(OC)c1.NCCCc1[nH]nc(-c2ccc(F)cc2)c1C1=CC(=O)NC1=O.O=C1C=C(c2c(-c3ccc(F)cc3)n[nH]c2C2CCNCC2)C(=O)N1. The van der Waals surface area contributed by atoms with Crippen molar-refractivity contribution in [2.24, 2.45) is 5.73 Å². The number of carbonyl (C=O) groups excluding carboxylic acids is 8. The molecule has 122 heavy (non-hydrogen) atoms. The lowest BCUT2D eigenvalue weighted by Gasteiger charge is -2.32. The van der Waals surface area contributed by atoms with Gasteiger partial charge >= 0.3 is 7.05 Å². The van der Waals surface area contributed by atoms with Crippen LogP contribution >= 0.6 is 0 Å². The fourth-order valence-electron chi connectivity index (χ4n) is 15.4. The Kier molecular flexibility index (Phi) is 27.7. The molecule has 34 heteroatoms. The number of hydrogen-bond donors (Lipinski definition) is 10. The van der Waals surface area contributed by atoms with E-state index in [9.17, 15) is 60.9 Å². The molecular formula is C88H89BF4N16O13. The first-order valence-corrected chi connectivity index (χ1v) is 39.5. The number of hydrogen-bond acceptors (Lipinski definition) is 21. The number of nitrogens with zero attached hydrogens (tertiary/aromatic N) is 7. The Hall–Kier alpha value is -13.5. The van der Waals surface area contributed by atoms with Crippen LogP contribution in [0.3, 0.4) is 0 Å². The largest absolute Gasteiger partial charge is 0.497 e. The number of imide groups is 4. The normalized spacial score (nSPS) is 15.5. The van der Waals surface area contributed by atoms with E-state index in [1.807, 2.05) is 11.9 Å². The summed E-state index contributed by atoms with van der Waals surface area (Å²) in [7, 11) is 7.47. The van der Waals surface area contributed by atoms with Gasteiger partial charge in [0.25, 0.3) is 47.3 Å². The smallest absolute Gasteiger partial charge is 0.376 e. The van der Waals surface area contributed by atoms with E-state index in [1.165, 1.54) is 96.9 Å². The second-order valence-corrected chi connectivity index (χ2v) is 29.4. The van der Waals surface area contributed by atoms with Crippen molar-refractivity contribution in [3.05, 3.63) is 237 Å². The van der Waals surface area contributed by atoms with E-state index >= 15 is 0 Å². The van der Waals surface area contributed by atoms with Crippen LogP contribution in [-0.2, 0) is 64.3 Å². The lowest BCUT2D eigenvalue weighted by atomic mass is 9.79. The molecule has 630 valence electrons. The number of nitrogens with two attached hydrogens (primary N) is 1. The molecule has 29 nitrogen and oxygen atoms in total. The van der Waals surface area contributed by atoms with E-state index in [0.29, 0.717) is 146 Å². The first-order valence-electron chi connectivity index (χ1n) is 39.5. The summed E-state index contributed by atoms with van der Waals surface area (Å²) >= 11 is 0. The minimum Gasteiger partial charge on any atom is -0.497 e. The van der Waals surface area contributed by atoms with Crippen molar-refractivity contribution in [1.29, 1.82) is 0 Å². The van der Waals surface area contributed by atoms with Crippen LogP contribution in [0.25, 0.3) is 67.3 Å². The Bertz CT molecular complexity index is 5710. The topological polar surface area (TPSA) is 392 Å². The van der Waals surface area contributed by atoms with Gasteiger partial charge in [0, 0.05) is 127 Å². The van der Waals surface area contributed by atoms with Crippen molar-refractivity contribution < 1.29 is 79.9 Å². The Labute approximate surface area is 698 Å². The summed E-state index contributed by atoms with van der Waals surface area (Å²) in [6, 6.07) is 34.0. The summed E-state index contributed by atoms with van der Waals surface area (Å²) in [5, 5.41) is 50.6. The Balaban J connectivity index is 0.000000143. The van der Waals surface area contributed by atoms with Gasteiger partial charge in [0.1, 0.15) is 69.0 Å². The summed E-state index contributed by atoms with van der Waals surface area (Å²) in [5.74, 6) is -2.46. The summed E-state index contributed by atoms with van der Waals surface area (Å²) in [6.45, 7) is 6.23. The molecule has 0 saturated carbocycles. The van der Waals surface area contributed by atoms with Gasteiger partial charge in [-0.15, -0.1) is 0 Å². The monoisotopic (exact) mass is 1660 g/mol. The zero-order valence-corrected chi connectivity index (χ0v) is 67.6. The van der Waals surface area contributed by atoms with Crippen molar-refractivity contribution in [3.8, 4) is 68.0 Å². The van der Waals surface area contributed by atoms with Crippen molar-refractivity contribution in [2.75, 3.05) is 74.8 Å². The van der Waals surface area contributed by atoms with Crippen LogP contribution in [0.4, 0.5) is 17.6 Å². The molecular weight excluding hydrogens is 1580 g/mol. The zero-order chi connectivity index (χ0) is 86.4. The highest BCUT2D eigenvalue weighted by atomic mass is 19.1. The first-order chi connectivity index (χ1) is 59.0. The molecule has 0 spiro atoms. The molecule has 2 fully saturated rings. The number of methoxy groups -OCH3 is 4. The van der Waals surface area contributed by atoms with E-state index in [1.54, 1.807) is 106 Å². The highest BCUT2D eigenvalue weighted by Gasteiger charge is 2.41. The first kappa shape index (κ1) is 86.3. The maximum absolute atomic E-state index is 13.8. The summed E-state index contributed by atoms with van der Waals surface area (Å²) in [4.78, 5) is 105. The number of aromatic amines is 4. The van der Waals surface area contributed by atoms with Crippen LogP contribution in [0.1, 0.15) is 107 Å². The Morgan fingerprint density at radius 2 is 0.844 bits per heavy atom. The molecule has 8 amide bonds. The van der Waals surface area contributed by atoms with Crippen molar-refractivity contribution in [3.63, 3.8) is 0 Å². The van der Waals surface area contributed by atoms with Gasteiger partial charge in [-0.25, -0.2) is 17.6 Å². The van der Waals surface area contributed by atoms with E-state index < -0.39 is 54.3 Å². The maximum atomic E-state index is 13.8. The maximum Gasteiger partial charge on any atom is 0.376 e. The molecule has 16 rings (SSSR count). The van der Waals surface area contributed by atoms with E-state index in [2.05, 4.69) is 62.1 Å². The van der Waals surface area contributed by atoms with E-state index in [0.717, 1.165) is 74.5 Å². The number of ether oxygens (including phenoxy) is 4.